The van der Waals surface area contributed by atoms with E-state index in [0.717, 1.165) is 5.56 Å². The Hall–Kier alpha value is -1.48. The summed E-state index contributed by atoms with van der Waals surface area (Å²) in [6.45, 7) is -0.0732. The highest BCUT2D eigenvalue weighted by Gasteiger charge is 2.64. The van der Waals surface area contributed by atoms with Gasteiger partial charge in [-0.2, -0.15) is 0 Å². The second-order valence-corrected chi connectivity index (χ2v) is 9.44. The molecule has 2 aromatic rings. The minimum absolute atomic E-state index is 0. The molecule has 3 saturated heterocycles. The molecular weight excluding hydrogens is 533 g/mol. The van der Waals surface area contributed by atoms with Gasteiger partial charge in [-0.15, -0.1) is 17.0 Å². The molecule has 3 heterocycles. The van der Waals surface area contributed by atoms with Crippen molar-refractivity contribution in [3.8, 4) is 0 Å². The number of nitrogens with zero attached hydrogens (tertiary/aromatic N) is 1. The fraction of sp³-hybridized carbons (Fsp3) is 0.417. The first-order valence-corrected chi connectivity index (χ1v) is 11.5. The number of ketones is 1. The summed E-state index contributed by atoms with van der Waals surface area (Å²) in [5, 5.41) is 10.6. The minimum atomic E-state index is -0.703. The van der Waals surface area contributed by atoms with Crippen LogP contribution in [0.4, 0.5) is 0 Å². The number of Topliss-reactive ketones (excluding diaryl/α,β-unsaturated/α-hetero) is 1. The van der Waals surface area contributed by atoms with Crippen LogP contribution < -0.4 is 0 Å². The Morgan fingerprint density at radius 1 is 1.09 bits per heavy atom. The number of carbonyl (C=O) groups excluding carboxylic acids is 2. The molecular formula is C24H24BrCl2NO5. The largest absolute Gasteiger partial charge is 0.462 e. The molecule has 1 N–H and O–H groups in total. The van der Waals surface area contributed by atoms with E-state index in [4.69, 9.17) is 32.7 Å². The van der Waals surface area contributed by atoms with Gasteiger partial charge in [0, 0.05) is 35.5 Å². The highest BCUT2D eigenvalue weighted by atomic mass is 79.9. The molecule has 6 nitrogen and oxygen atoms in total. The number of fused-ring (bicyclic) bond motifs is 5. The van der Waals surface area contributed by atoms with E-state index < -0.39 is 11.9 Å². The fourth-order valence-corrected chi connectivity index (χ4v) is 5.61. The summed E-state index contributed by atoms with van der Waals surface area (Å²) < 4.78 is 11.6. The molecule has 33 heavy (non-hydrogen) atoms. The summed E-state index contributed by atoms with van der Waals surface area (Å²) in [5.74, 6) is -1.19. The minimum Gasteiger partial charge on any atom is -0.462 e. The molecule has 3 aliphatic heterocycles. The van der Waals surface area contributed by atoms with Gasteiger partial charge >= 0.3 is 5.97 Å². The SMILES string of the molecule is Br.O=C(CN1C2CC(OC(=O)C(CO)c3ccccc3)CC1C1OC12)c1ccc(Cl)cc1Cl. The number of hydrogen-bond donors (Lipinski definition) is 1. The number of carbonyl (C=O) groups is 2. The van der Waals surface area contributed by atoms with E-state index in [9.17, 15) is 14.7 Å². The number of aliphatic hydroxyl groups excluding tert-OH is 1. The first-order valence-electron chi connectivity index (χ1n) is 10.7. The van der Waals surface area contributed by atoms with Gasteiger partial charge in [0.05, 0.1) is 18.2 Å². The molecule has 9 heteroatoms. The Morgan fingerprint density at radius 3 is 2.36 bits per heavy atom. The van der Waals surface area contributed by atoms with Crippen LogP contribution in [0.25, 0.3) is 0 Å². The number of benzene rings is 2. The van der Waals surface area contributed by atoms with Crippen LogP contribution in [0, 0.1) is 0 Å². The predicted molar refractivity (Wildman–Crippen MR) is 129 cm³/mol. The number of rotatable bonds is 7. The van der Waals surface area contributed by atoms with Gasteiger partial charge in [-0.05, 0) is 23.8 Å². The van der Waals surface area contributed by atoms with E-state index >= 15 is 0 Å². The van der Waals surface area contributed by atoms with E-state index in [1.54, 1.807) is 18.2 Å². The maximum absolute atomic E-state index is 12.9. The number of morpholine rings is 1. The average molecular weight is 557 g/mol. The second-order valence-electron chi connectivity index (χ2n) is 8.60. The normalized spacial score (nSPS) is 28.4. The first kappa shape index (κ1) is 24.6. The molecule has 0 amide bonds. The third-order valence-electron chi connectivity index (χ3n) is 6.69. The van der Waals surface area contributed by atoms with Gasteiger partial charge in [0.25, 0.3) is 0 Å². The van der Waals surface area contributed by atoms with Gasteiger partial charge in [-0.1, -0.05) is 53.5 Å². The van der Waals surface area contributed by atoms with Crippen LogP contribution in [0.2, 0.25) is 10.0 Å². The Bertz CT molecular complexity index is 1020. The van der Waals surface area contributed by atoms with Gasteiger partial charge in [-0.3, -0.25) is 14.5 Å². The molecule has 2 aromatic carbocycles. The fourth-order valence-electron chi connectivity index (χ4n) is 5.10. The van der Waals surface area contributed by atoms with Gasteiger partial charge in [-0.25, -0.2) is 0 Å². The number of hydrogen-bond acceptors (Lipinski definition) is 6. The average Bonchev–Trinajstić information content (AvgIpc) is 3.53. The van der Waals surface area contributed by atoms with E-state index in [1.165, 1.54) is 0 Å². The number of piperidine rings is 1. The van der Waals surface area contributed by atoms with Crippen molar-refractivity contribution in [2.75, 3.05) is 13.2 Å². The Kier molecular flexibility index (Phi) is 7.48. The molecule has 0 aliphatic carbocycles. The Morgan fingerprint density at radius 2 is 1.76 bits per heavy atom. The summed E-state index contributed by atoms with van der Waals surface area (Å²) in [6.07, 6.45) is 1.06. The molecule has 176 valence electrons. The number of esters is 1. The van der Waals surface area contributed by atoms with E-state index in [1.807, 2.05) is 30.3 Å². The van der Waals surface area contributed by atoms with Crippen molar-refractivity contribution in [3.05, 3.63) is 69.7 Å². The zero-order valence-corrected chi connectivity index (χ0v) is 20.8. The number of aliphatic hydroxyl groups is 1. The lowest BCUT2D eigenvalue weighted by atomic mass is 9.96. The van der Waals surface area contributed by atoms with Crippen molar-refractivity contribution in [2.24, 2.45) is 0 Å². The topological polar surface area (TPSA) is 79.4 Å². The first-order chi connectivity index (χ1) is 15.5. The molecule has 3 fully saturated rings. The van der Waals surface area contributed by atoms with Crippen LogP contribution in [-0.4, -0.2) is 65.3 Å². The number of ether oxygens (including phenoxy) is 2. The summed E-state index contributed by atoms with van der Waals surface area (Å²) in [6, 6.07) is 14.0. The summed E-state index contributed by atoms with van der Waals surface area (Å²) >= 11 is 12.2. The zero-order valence-electron chi connectivity index (χ0n) is 17.6. The van der Waals surface area contributed by atoms with Crippen LogP contribution in [-0.2, 0) is 14.3 Å². The van der Waals surface area contributed by atoms with E-state index in [0.29, 0.717) is 28.5 Å². The summed E-state index contributed by atoms with van der Waals surface area (Å²) in [4.78, 5) is 27.8. The molecule has 5 rings (SSSR count). The standard InChI is InChI=1S/C24H23Cl2NO5.BrH/c25-14-6-7-16(18(26)8-14)21(29)11-27-19-9-15(10-20(27)23-22(19)32-23)31-24(30)17(12-28)13-4-2-1-3-5-13;/h1-8,15,17,19-20,22-23,28H,9-12H2;1H. The molecule has 3 aliphatic rings. The van der Waals surface area contributed by atoms with Crippen molar-refractivity contribution in [2.45, 2.75) is 49.2 Å². The van der Waals surface area contributed by atoms with Crippen molar-refractivity contribution in [1.82, 2.24) is 4.90 Å². The number of halogens is 3. The molecule has 0 radical (unpaired) electrons. The lowest BCUT2D eigenvalue weighted by Crippen LogP contribution is -2.52. The van der Waals surface area contributed by atoms with Crippen molar-refractivity contribution >= 4 is 51.9 Å². The van der Waals surface area contributed by atoms with Gasteiger partial charge in [0.2, 0.25) is 0 Å². The Balaban J connectivity index is 0.00000259. The van der Waals surface area contributed by atoms with Crippen LogP contribution >= 0.6 is 40.2 Å². The number of epoxide rings is 1. The lowest BCUT2D eigenvalue weighted by molar-refractivity contribution is -0.156. The van der Waals surface area contributed by atoms with Crippen LogP contribution in [0.5, 0.6) is 0 Å². The summed E-state index contributed by atoms with van der Waals surface area (Å²) in [7, 11) is 0. The third kappa shape index (κ3) is 4.85. The molecule has 5 unspecified atom stereocenters. The van der Waals surface area contributed by atoms with Crippen molar-refractivity contribution < 1.29 is 24.2 Å². The predicted octanol–water partition coefficient (Wildman–Crippen LogP) is 4.06. The highest BCUT2D eigenvalue weighted by Crippen LogP contribution is 2.49. The van der Waals surface area contributed by atoms with Crippen molar-refractivity contribution in [1.29, 1.82) is 0 Å². The van der Waals surface area contributed by atoms with E-state index in [-0.39, 0.29) is 66.3 Å². The monoisotopic (exact) mass is 555 g/mol. The van der Waals surface area contributed by atoms with Crippen LogP contribution in [0.1, 0.15) is 34.7 Å². The van der Waals surface area contributed by atoms with E-state index in [2.05, 4.69) is 4.90 Å². The zero-order chi connectivity index (χ0) is 22.4. The lowest BCUT2D eigenvalue weighted by Gasteiger charge is -2.40. The highest BCUT2D eigenvalue weighted by molar-refractivity contribution is 8.93. The molecule has 0 aromatic heterocycles. The molecule has 2 bridgehead atoms. The summed E-state index contributed by atoms with van der Waals surface area (Å²) in [5.41, 5.74) is 1.18. The maximum atomic E-state index is 12.9. The molecule has 0 spiro atoms. The second kappa shape index (κ2) is 10.0. The van der Waals surface area contributed by atoms with Crippen LogP contribution in [0.15, 0.2) is 48.5 Å². The van der Waals surface area contributed by atoms with Crippen LogP contribution in [0.3, 0.4) is 0 Å². The van der Waals surface area contributed by atoms with Crippen molar-refractivity contribution in [3.63, 3.8) is 0 Å². The van der Waals surface area contributed by atoms with Gasteiger partial charge < -0.3 is 14.6 Å². The maximum Gasteiger partial charge on any atom is 0.316 e. The van der Waals surface area contributed by atoms with Gasteiger partial charge in [0.1, 0.15) is 24.2 Å². The van der Waals surface area contributed by atoms with Gasteiger partial charge in [0.15, 0.2) is 5.78 Å². The third-order valence-corrected chi connectivity index (χ3v) is 7.24. The molecule has 5 atom stereocenters. The quantitative estimate of drug-likeness (QED) is 0.315. The Labute approximate surface area is 212 Å². The molecule has 0 saturated carbocycles. The smallest absolute Gasteiger partial charge is 0.316 e.